The molecule has 1 aliphatic heterocycles. The minimum atomic E-state index is -3.96. The van der Waals surface area contributed by atoms with Gasteiger partial charge < -0.3 is 10.2 Å². The Hall–Kier alpha value is -3.03. The summed E-state index contributed by atoms with van der Waals surface area (Å²) in [7, 11) is -3.96. The predicted molar refractivity (Wildman–Crippen MR) is 132 cm³/mol. The molecule has 1 aliphatic rings. The maximum absolute atomic E-state index is 13.3. The van der Waals surface area contributed by atoms with Crippen molar-refractivity contribution in [2.75, 3.05) is 28.8 Å². The number of hydrogen-bond acceptors (Lipinski definition) is 4. The Bertz CT molecular complexity index is 1180. The van der Waals surface area contributed by atoms with Crippen LogP contribution >= 0.6 is 11.6 Å². The molecule has 8 heteroatoms. The SMILES string of the molecule is O=C(CN(c1ccccc1)S(=O)(=O)c1ccc(Cl)cc1)NCc1ccc(N2CCCC2)cc1. The largest absolute Gasteiger partial charge is 0.372 e. The normalized spacial score (nSPS) is 13.7. The zero-order chi connectivity index (χ0) is 23.3. The van der Waals surface area contributed by atoms with E-state index in [0.29, 0.717) is 17.3 Å². The Morgan fingerprint density at radius 1 is 0.909 bits per heavy atom. The number of hydrogen-bond donors (Lipinski definition) is 1. The van der Waals surface area contributed by atoms with E-state index in [9.17, 15) is 13.2 Å². The van der Waals surface area contributed by atoms with Gasteiger partial charge in [-0.15, -0.1) is 0 Å². The van der Waals surface area contributed by atoms with Gasteiger partial charge in [-0.2, -0.15) is 0 Å². The monoisotopic (exact) mass is 483 g/mol. The first-order valence-electron chi connectivity index (χ1n) is 10.9. The summed E-state index contributed by atoms with van der Waals surface area (Å²) in [5, 5.41) is 3.28. The number of carbonyl (C=O) groups is 1. The second-order valence-electron chi connectivity index (χ2n) is 7.94. The number of anilines is 2. The number of halogens is 1. The molecule has 0 bridgehead atoms. The van der Waals surface area contributed by atoms with Crippen molar-refractivity contribution in [3.8, 4) is 0 Å². The van der Waals surface area contributed by atoms with Crippen LogP contribution < -0.4 is 14.5 Å². The Balaban J connectivity index is 1.46. The first-order chi connectivity index (χ1) is 15.9. The molecule has 0 saturated carbocycles. The van der Waals surface area contributed by atoms with Crippen LogP contribution in [0.5, 0.6) is 0 Å². The molecular formula is C25H26ClN3O3S. The molecule has 1 N–H and O–H groups in total. The third-order valence-electron chi connectivity index (χ3n) is 5.63. The second kappa shape index (κ2) is 10.3. The molecule has 0 aromatic heterocycles. The number of nitrogens with zero attached hydrogens (tertiary/aromatic N) is 2. The van der Waals surface area contributed by atoms with Crippen LogP contribution in [0.1, 0.15) is 18.4 Å². The summed E-state index contributed by atoms with van der Waals surface area (Å²) >= 11 is 5.91. The molecule has 33 heavy (non-hydrogen) atoms. The Morgan fingerprint density at radius 3 is 2.18 bits per heavy atom. The fourth-order valence-corrected chi connectivity index (χ4v) is 5.38. The highest BCUT2D eigenvalue weighted by atomic mass is 35.5. The number of amides is 1. The van der Waals surface area contributed by atoms with Gasteiger partial charge in [0.25, 0.3) is 10.0 Å². The van der Waals surface area contributed by atoms with Crippen LogP contribution in [-0.2, 0) is 21.4 Å². The van der Waals surface area contributed by atoms with Gasteiger partial charge in [-0.05, 0) is 66.9 Å². The van der Waals surface area contributed by atoms with Gasteiger partial charge in [0, 0.05) is 30.3 Å². The fraction of sp³-hybridized carbons (Fsp3) is 0.240. The van der Waals surface area contributed by atoms with Crippen LogP contribution in [0.15, 0.2) is 83.8 Å². The number of sulfonamides is 1. The van der Waals surface area contributed by atoms with Crippen molar-refractivity contribution in [2.24, 2.45) is 0 Å². The standard InChI is InChI=1S/C25H26ClN3O3S/c26-21-10-14-24(15-11-21)33(31,32)29(23-6-2-1-3-7-23)19-25(30)27-18-20-8-12-22(13-9-20)28-16-4-5-17-28/h1-3,6-15H,4-5,16-19H2,(H,27,30). The highest BCUT2D eigenvalue weighted by molar-refractivity contribution is 7.92. The molecule has 0 unspecified atom stereocenters. The van der Waals surface area contributed by atoms with Crippen molar-refractivity contribution >= 4 is 38.9 Å². The van der Waals surface area contributed by atoms with Crippen molar-refractivity contribution in [3.63, 3.8) is 0 Å². The van der Waals surface area contributed by atoms with Gasteiger partial charge in [-0.3, -0.25) is 9.10 Å². The summed E-state index contributed by atoms with van der Waals surface area (Å²) in [6, 6.07) is 22.6. The average molecular weight is 484 g/mol. The Morgan fingerprint density at radius 2 is 1.55 bits per heavy atom. The lowest BCUT2D eigenvalue weighted by Crippen LogP contribution is -2.40. The number of nitrogens with one attached hydrogen (secondary N) is 1. The maximum Gasteiger partial charge on any atom is 0.264 e. The van der Waals surface area contributed by atoms with E-state index >= 15 is 0 Å². The third-order valence-corrected chi connectivity index (χ3v) is 7.67. The lowest BCUT2D eigenvalue weighted by molar-refractivity contribution is -0.119. The molecule has 1 saturated heterocycles. The molecule has 0 atom stereocenters. The van der Waals surface area contributed by atoms with Crippen LogP contribution in [0.2, 0.25) is 5.02 Å². The summed E-state index contributed by atoms with van der Waals surface area (Å²) in [6.07, 6.45) is 2.43. The maximum atomic E-state index is 13.3. The third kappa shape index (κ3) is 5.67. The van der Waals surface area contributed by atoms with E-state index < -0.39 is 10.0 Å². The van der Waals surface area contributed by atoms with E-state index in [1.807, 2.05) is 12.1 Å². The highest BCUT2D eigenvalue weighted by Crippen LogP contribution is 2.24. The molecule has 1 heterocycles. The zero-order valence-electron chi connectivity index (χ0n) is 18.2. The molecule has 4 rings (SSSR count). The summed E-state index contributed by atoms with van der Waals surface area (Å²) in [5.74, 6) is -0.389. The van der Waals surface area contributed by atoms with E-state index in [1.54, 1.807) is 30.3 Å². The van der Waals surface area contributed by atoms with Crippen LogP contribution in [-0.4, -0.2) is 34.0 Å². The first-order valence-corrected chi connectivity index (χ1v) is 12.7. The van der Waals surface area contributed by atoms with Crippen LogP contribution in [0.4, 0.5) is 11.4 Å². The number of para-hydroxylation sites is 1. The van der Waals surface area contributed by atoms with Gasteiger partial charge in [0.1, 0.15) is 6.54 Å². The van der Waals surface area contributed by atoms with Crippen molar-refractivity contribution < 1.29 is 13.2 Å². The summed E-state index contributed by atoms with van der Waals surface area (Å²) < 4.78 is 27.7. The predicted octanol–water partition coefficient (Wildman–Crippen LogP) is 4.45. The van der Waals surface area contributed by atoms with Crippen molar-refractivity contribution in [1.29, 1.82) is 0 Å². The molecule has 0 radical (unpaired) electrons. The molecule has 0 spiro atoms. The summed E-state index contributed by atoms with van der Waals surface area (Å²) in [4.78, 5) is 15.2. The van der Waals surface area contributed by atoms with Gasteiger partial charge in [0.05, 0.1) is 10.6 Å². The van der Waals surface area contributed by atoms with E-state index in [1.165, 1.54) is 42.8 Å². The van der Waals surface area contributed by atoms with E-state index in [4.69, 9.17) is 11.6 Å². The Kier molecular flexibility index (Phi) is 7.20. The molecule has 172 valence electrons. The lowest BCUT2D eigenvalue weighted by atomic mass is 10.2. The first kappa shape index (κ1) is 23.1. The molecular weight excluding hydrogens is 458 g/mol. The van der Waals surface area contributed by atoms with Crippen LogP contribution in [0.3, 0.4) is 0 Å². The van der Waals surface area contributed by atoms with Crippen molar-refractivity contribution in [1.82, 2.24) is 5.32 Å². The van der Waals surface area contributed by atoms with Gasteiger partial charge in [0.15, 0.2) is 0 Å². The van der Waals surface area contributed by atoms with Gasteiger partial charge in [-0.25, -0.2) is 8.42 Å². The second-order valence-corrected chi connectivity index (χ2v) is 10.2. The minimum absolute atomic E-state index is 0.0704. The minimum Gasteiger partial charge on any atom is -0.372 e. The van der Waals surface area contributed by atoms with Crippen LogP contribution in [0.25, 0.3) is 0 Å². The Labute approximate surface area is 199 Å². The zero-order valence-corrected chi connectivity index (χ0v) is 19.7. The number of carbonyl (C=O) groups excluding carboxylic acids is 1. The van der Waals surface area contributed by atoms with E-state index in [-0.39, 0.29) is 17.3 Å². The molecule has 3 aromatic rings. The van der Waals surface area contributed by atoms with Crippen molar-refractivity contribution in [3.05, 3.63) is 89.4 Å². The number of rotatable bonds is 8. The van der Waals surface area contributed by atoms with Gasteiger partial charge in [0.2, 0.25) is 5.91 Å². The molecule has 1 fully saturated rings. The quantitative estimate of drug-likeness (QED) is 0.514. The van der Waals surface area contributed by atoms with Crippen molar-refractivity contribution in [2.45, 2.75) is 24.3 Å². The molecule has 3 aromatic carbocycles. The van der Waals surface area contributed by atoms with E-state index in [2.05, 4.69) is 22.3 Å². The average Bonchev–Trinajstić information content (AvgIpc) is 3.37. The van der Waals surface area contributed by atoms with Crippen LogP contribution in [0, 0.1) is 0 Å². The van der Waals surface area contributed by atoms with E-state index in [0.717, 1.165) is 23.0 Å². The smallest absolute Gasteiger partial charge is 0.264 e. The topological polar surface area (TPSA) is 69.7 Å². The fourth-order valence-electron chi connectivity index (χ4n) is 3.83. The highest BCUT2D eigenvalue weighted by Gasteiger charge is 2.27. The molecule has 6 nitrogen and oxygen atoms in total. The van der Waals surface area contributed by atoms with Gasteiger partial charge >= 0.3 is 0 Å². The summed E-state index contributed by atoms with van der Waals surface area (Å²) in [5.41, 5.74) is 2.56. The lowest BCUT2D eigenvalue weighted by Gasteiger charge is -2.24. The number of benzene rings is 3. The molecule has 1 amide bonds. The molecule has 0 aliphatic carbocycles. The van der Waals surface area contributed by atoms with Gasteiger partial charge in [-0.1, -0.05) is 41.9 Å². The summed E-state index contributed by atoms with van der Waals surface area (Å²) in [6.45, 7) is 2.14.